The summed E-state index contributed by atoms with van der Waals surface area (Å²) in [6, 6.07) is 6.07. The third-order valence-electron chi connectivity index (χ3n) is 9.99. The number of fused-ring (bicyclic) bond motifs is 4. The van der Waals surface area contributed by atoms with Gasteiger partial charge in [-0.2, -0.15) is 37.0 Å². The Morgan fingerprint density at radius 2 is 1.18 bits per heavy atom. The van der Waals surface area contributed by atoms with Gasteiger partial charge in [-0.15, -0.1) is 0 Å². The van der Waals surface area contributed by atoms with Crippen molar-refractivity contribution in [2.75, 3.05) is 82.8 Å². The first-order chi connectivity index (χ1) is 35.8. The Balaban J connectivity index is 0.000000252. The number of ether oxygens (including phenoxy) is 4. The van der Waals surface area contributed by atoms with Gasteiger partial charge in [-0.3, -0.25) is 42.9 Å². The maximum absolute atomic E-state index is 12.3. The van der Waals surface area contributed by atoms with Gasteiger partial charge >= 0.3 is 61.6 Å². The zero-order valence-electron chi connectivity index (χ0n) is 40.0. The Morgan fingerprint density at radius 3 is 1.64 bits per heavy atom. The molecule has 407 valence electrons. The van der Waals surface area contributed by atoms with Gasteiger partial charge in [0, 0.05) is 45.9 Å². The van der Waals surface area contributed by atoms with Crippen molar-refractivity contribution < 1.29 is 52.4 Å². The normalized spacial score (nSPS) is 15.7. The minimum atomic E-state index is -0.524. The maximum atomic E-state index is 12.3. The summed E-state index contributed by atoms with van der Waals surface area (Å²) in [5.74, 6) is 2.25. The number of thioether (sulfide) groups is 2. The molecule has 2 fully saturated rings. The zero-order valence-corrected chi connectivity index (χ0v) is 51.5. The molecule has 0 radical (unpaired) electrons. The van der Waals surface area contributed by atoms with Crippen LogP contribution in [0, 0.1) is 0 Å². The number of anilines is 4. The van der Waals surface area contributed by atoms with E-state index in [1.807, 2.05) is 4.93 Å². The minimum absolute atomic E-state index is 0. The number of nitrogens with one attached hydrogen (secondary N) is 3. The summed E-state index contributed by atoms with van der Waals surface area (Å²) in [6.45, 7) is 2.00. The van der Waals surface area contributed by atoms with Crippen molar-refractivity contribution in [2.24, 2.45) is 19.8 Å². The van der Waals surface area contributed by atoms with Crippen LogP contribution in [0.25, 0.3) is 22.3 Å². The number of alkyl halides is 1. The SMILES string of the molecule is CI.Cn1c(=O)ccc2ncc(OCC=O)nc21.Cn1c(=O)ccc2ncc(OCCNC[C@H]3CN(c4cnc5c(n4)NC(=O)CS5)C(=O)O3)nc21.NC[C@H]1CN(c2cnc3c(n2)NC(=O)CS3)C(=O)O1.S.S.[I][V][I]. The Bertz CT molecular complexity index is 3140. The molecule has 0 bridgehead atoms. The van der Waals surface area contributed by atoms with Gasteiger partial charge in [-0.05, 0) is 17.1 Å². The second-order valence-electron chi connectivity index (χ2n) is 14.8. The molecule has 35 heteroatoms. The molecule has 10 rings (SSSR count). The number of nitrogens with zero attached hydrogens (tertiary/aromatic N) is 12. The van der Waals surface area contributed by atoms with Crippen LogP contribution in [0.5, 0.6) is 11.8 Å². The summed E-state index contributed by atoms with van der Waals surface area (Å²) >= 11 is 9.50. The molecule has 6 aromatic rings. The molecular formula is C41H47I3N16O11S4V. The fraction of sp³-hybridized carbons (Fsp3) is 0.341. The summed E-state index contributed by atoms with van der Waals surface area (Å²) in [6.07, 6.45) is 4.77. The molecule has 27 nitrogen and oxygen atoms in total. The molecule has 0 aliphatic carbocycles. The van der Waals surface area contributed by atoms with Crippen molar-refractivity contribution in [3.8, 4) is 11.8 Å². The van der Waals surface area contributed by atoms with Gasteiger partial charge in [-0.1, -0.05) is 46.1 Å². The molecule has 2 atom stereocenters. The molecular weight excluding hydrogens is 1450 g/mol. The number of nitrogens with two attached hydrogens (primary N) is 1. The number of pyridine rings is 2. The topological polar surface area (TPSA) is 338 Å². The van der Waals surface area contributed by atoms with E-state index in [2.05, 4.69) is 118 Å². The van der Waals surface area contributed by atoms with E-state index in [1.165, 1.54) is 79.4 Å². The van der Waals surface area contributed by atoms with Crippen LogP contribution in [-0.2, 0) is 47.4 Å². The summed E-state index contributed by atoms with van der Waals surface area (Å²) < 4.78 is 23.8. The fourth-order valence-corrected chi connectivity index (χ4v) is 7.98. The van der Waals surface area contributed by atoms with Crippen LogP contribution in [0.4, 0.5) is 32.9 Å². The number of aromatic nitrogens is 10. The number of halogens is 3. The molecule has 10 heterocycles. The third kappa shape index (κ3) is 17.3. The van der Waals surface area contributed by atoms with Crippen LogP contribution in [0.15, 0.2) is 68.7 Å². The number of carbonyl (C=O) groups is 5. The van der Waals surface area contributed by atoms with Crippen LogP contribution < -0.4 is 52.1 Å². The van der Waals surface area contributed by atoms with Crippen molar-refractivity contribution in [1.82, 2.24) is 54.3 Å². The van der Waals surface area contributed by atoms with Crippen LogP contribution >= 0.6 is 113 Å². The van der Waals surface area contributed by atoms with E-state index in [9.17, 15) is 33.6 Å². The quantitative estimate of drug-likeness (QED) is 0.0592. The number of hydrogen-bond donors (Lipinski definition) is 4. The predicted molar refractivity (Wildman–Crippen MR) is 315 cm³/mol. The molecule has 4 amide bonds. The number of hydrogen-bond acceptors (Lipinski definition) is 23. The summed E-state index contributed by atoms with van der Waals surface area (Å²) in [5.41, 5.74) is 7.19. The van der Waals surface area contributed by atoms with Crippen molar-refractivity contribution in [1.29, 1.82) is 0 Å². The van der Waals surface area contributed by atoms with Gasteiger partial charge in [0.05, 0.1) is 49.4 Å². The van der Waals surface area contributed by atoms with E-state index < -0.39 is 12.2 Å². The number of carbonyl (C=O) groups excluding carboxylic acids is 5. The van der Waals surface area contributed by atoms with E-state index in [0.29, 0.717) is 116 Å². The fourth-order valence-electron chi connectivity index (χ4n) is 6.58. The molecule has 5 N–H and O–H groups in total. The van der Waals surface area contributed by atoms with Gasteiger partial charge in [0.25, 0.3) is 11.1 Å². The Hall–Kier alpha value is -4.42. The first kappa shape index (κ1) is 64.1. The van der Waals surface area contributed by atoms with Gasteiger partial charge in [-0.25, -0.2) is 39.5 Å². The molecule has 0 spiro atoms. The standard InChI is InChI=1S/C20H20N8O5S.C10H11N5O3S.C10H9N3O3.CH3I.2HI.2H2S.V/c1-27-16(30)3-2-12-18(27)26-15(8-22-12)32-5-4-21-6-11-9-28(20(31)33-11)13-7-23-19-17(24-13)25-14(29)10-34-19;11-1-5-3-15(10(17)18-5)6-2-12-9-8(13-6)14-7(16)4-19-9;1-13-9(15)3-2-7-10(13)12-8(6-11-7)16-5-4-14;1-2;;;;;/h2-3,7-8,11,21H,4-6,9-10H2,1H3,(H,24,25,29);2,5H,1,3-4,11H2,(H,13,14,16);2-4,6H,5H2,1H3;1H3;2*1H;2*1H2;/q;;;;;;;;+2/p-2/t11-;5-;;;;;;;/m00......./s1. The van der Waals surface area contributed by atoms with E-state index in [0.717, 1.165) is 0 Å². The molecule has 0 aromatic carbocycles. The molecule has 6 aromatic heterocycles. The number of aldehydes is 1. The van der Waals surface area contributed by atoms with Crippen molar-refractivity contribution in [3.05, 3.63) is 69.8 Å². The van der Waals surface area contributed by atoms with Gasteiger partial charge in [0.2, 0.25) is 23.6 Å². The predicted octanol–water partition coefficient (Wildman–Crippen LogP) is 2.91. The van der Waals surface area contributed by atoms with Gasteiger partial charge in [0.1, 0.15) is 46.5 Å². The van der Waals surface area contributed by atoms with E-state index >= 15 is 0 Å². The first-order valence-electron chi connectivity index (χ1n) is 21.4. The second-order valence-corrected chi connectivity index (χ2v) is 28.5. The van der Waals surface area contributed by atoms with Crippen molar-refractivity contribution >= 4 is 189 Å². The summed E-state index contributed by atoms with van der Waals surface area (Å²) in [5, 5.41) is 9.73. The molecule has 76 heavy (non-hydrogen) atoms. The Morgan fingerprint density at radius 1 is 0.724 bits per heavy atom. The Labute approximate surface area is 497 Å². The summed E-state index contributed by atoms with van der Waals surface area (Å²) in [7, 11) is 3.85. The number of rotatable bonds is 12. The number of aryl methyl sites for hydroxylation is 2. The van der Waals surface area contributed by atoms with Crippen LogP contribution in [0.2, 0.25) is 0 Å². The van der Waals surface area contributed by atoms with Gasteiger partial charge in [0.15, 0.2) is 40.9 Å². The van der Waals surface area contributed by atoms with Crippen LogP contribution in [0.3, 0.4) is 0 Å². The number of amides is 4. The Kier molecular flexibility index (Phi) is 26.9. The average Bonchev–Trinajstić information content (AvgIpc) is 3.99. The number of cyclic esters (lactones) is 2. The molecule has 0 unspecified atom stereocenters. The van der Waals surface area contributed by atoms with Crippen molar-refractivity contribution in [2.45, 2.75) is 22.3 Å². The van der Waals surface area contributed by atoms with E-state index in [4.69, 9.17) is 24.7 Å². The van der Waals surface area contributed by atoms with E-state index in [-0.39, 0.29) is 86.9 Å². The monoisotopic (exact) mass is 1500 g/mol. The average molecular weight is 1500 g/mol. The molecule has 2 saturated heterocycles. The second kappa shape index (κ2) is 31.9. The summed E-state index contributed by atoms with van der Waals surface area (Å²) in [4.78, 5) is 119. The first-order valence-corrected chi connectivity index (χ1v) is 34.5. The zero-order chi connectivity index (χ0) is 53.3. The molecule has 4 aliphatic heterocycles. The third-order valence-corrected chi connectivity index (χ3v) is 12.0. The van der Waals surface area contributed by atoms with Crippen molar-refractivity contribution in [3.63, 3.8) is 0 Å². The molecule has 0 saturated carbocycles. The van der Waals surface area contributed by atoms with Crippen LogP contribution in [0.1, 0.15) is 0 Å². The van der Waals surface area contributed by atoms with Gasteiger partial charge < -0.3 is 40.6 Å². The molecule has 4 aliphatic rings. The van der Waals surface area contributed by atoms with Crippen LogP contribution in [-0.4, -0.2) is 154 Å². The van der Waals surface area contributed by atoms with E-state index in [1.54, 1.807) is 26.2 Å².